The summed E-state index contributed by atoms with van der Waals surface area (Å²) >= 11 is 0. The second kappa shape index (κ2) is 14.9. The summed E-state index contributed by atoms with van der Waals surface area (Å²) in [6.45, 7) is 5.08. The van der Waals surface area contributed by atoms with E-state index >= 15 is 0 Å². The molecule has 0 bridgehead atoms. The zero-order valence-corrected chi connectivity index (χ0v) is 22.5. The van der Waals surface area contributed by atoms with Crippen LogP contribution in [-0.2, 0) is 19.6 Å². The van der Waals surface area contributed by atoms with Crippen LogP contribution in [0.5, 0.6) is 0 Å². The van der Waals surface area contributed by atoms with E-state index in [2.05, 4.69) is 19.8 Å². The average Bonchev–Trinajstić information content (AvgIpc) is 3.30. The third-order valence-corrected chi connectivity index (χ3v) is 6.44. The van der Waals surface area contributed by atoms with Crippen molar-refractivity contribution in [1.82, 2.24) is 19.8 Å². The third-order valence-electron chi connectivity index (χ3n) is 5.72. The van der Waals surface area contributed by atoms with E-state index in [4.69, 9.17) is 14.7 Å². The maximum absolute atomic E-state index is 12.1. The molecule has 15 heteroatoms. The van der Waals surface area contributed by atoms with Crippen LogP contribution < -0.4 is 9.62 Å². The number of para-hydroxylation sites is 1. The van der Waals surface area contributed by atoms with Gasteiger partial charge in [-0.2, -0.15) is 4.98 Å². The van der Waals surface area contributed by atoms with Gasteiger partial charge in [0.2, 0.25) is 10.0 Å². The average molecular weight is 568 g/mol. The van der Waals surface area contributed by atoms with Gasteiger partial charge in [0.15, 0.2) is 5.82 Å². The van der Waals surface area contributed by atoms with Crippen LogP contribution in [0.3, 0.4) is 0 Å². The van der Waals surface area contributed by atoms with Crippen molar-refractivity contribution in [2.24, 2.45) is 5.92 Å². The fraction of sp³-hybridized carbons (Fsp3) is 0.458. The Morgan fingerprint density at radius 1 is 1.13 bits per heavy atom. The number of carboxylic acids is 2. The fourth-order valence-corrected chi connectivity index (χ4v) is 4.44. The van der Waals surface area contributed by atoms with Gasteiger partial charge in [-0.1, -0.05) is 17.3 Å². The van der Waals surface area contributed by atoms with Crippen LogP contribution in [0.1, 0.15) is 25.1 Å². The number of carbonyl (C=O) groups is 3. The fourth-order valence-electron chi connectivity index (χ4n) is 3.93. The minimum atomic E-state index is -3.15. The molecule has 0 atom stereocenters. The zero-order valence-electron chi connectivity index (χ0n) is 21.7. The molecule has 1 fully saturated rings. The SMILES string of the molecule is Cc1noc(-c2ccccc2N(CC2CCN(CCCNS(C)(=O)=O)CC2)C(=O)O)n1.O=C(O)/C=C\C(=O)O. The Morgan fingerprint density at radius 3 is 2.26 bits per heavy atom. The minimum Gasteiger partial charge on any atom is -0.478 e. The number of hydrogen-bond donors (Lipinski definition) is 4. The van der Waals surface area contributed by atoms with Gasteiger partial charge in [-0.3, -0.25) is 4.90 Å². The smallest absolute Gasteiger partial charge is 0.411 e. The van der Waals surface area contributed by atoms with Crippen LogP contribution in [0.25, 0.3) is 11.5 Å². The molecule has 14 nitrogen and oxygen atoms in total. The molecule has 0 radical (unpaired) electrons. The Hall–Kier alpha value is -3.82. The first-order valence-electron chi connectivity index (χ1n) is 12.1. The summed E-state index contributed by atoms with van der Waals surface area (Å²) in [6.07, 6.45) is 3.76. The van der Waals surface area contributed by atoms with Gasteiger partial charge in [-0.15, -0.1) is 0 Å². The minimum absolute atomic E-state index is 0.235. The van der Waals surface area contributed by atoms with E-state index in [1.807, 2.05) is 6.07 Å². The number of nitrogens with one attached hydrogen (secondary N) is 1. The third kappa shape index (κ3) is 11.6. The number of benzene rings is 1. The van der Waals surface area contributed by atoms with Crippen LogP contribution in [0, 0.1) is 12.8 Å². The van der Waals surface area contributed by atoms with Crippen molar-refractivity contribution in [2.45, 2.75) is 26.2 Å². The summed E-state index contributed by atoms with van der Waals surface area (Å²) in [5.74, 6) is -1.48. The summed E-state index contributed by atoms with van der Waals surface area (Å²) in [5.41, 5.74) is 1.13. The summed E-state index contributed by atoms with van der Waals surface area (Å²) in [6, 6.07) is 7.15. The molecule has 0 aliphatic carbocycles. The van der Waals surface area contributed by atoms with Crippen LogP contribution >= 0.6 is 0 Å². The molecular weight excluding hydrogens is 534 g/mol. The Balaban J connectivity index is 0.000000580. The second-order valence-electron chi connectivity index (χ2n) is 8.87. The van der Waals surface area contributed by atoms with E-state index in [1.54, 1.807) is 25.1 Å². The van der Waals surface area contributed by atoms with E-state index in [9.17, 15) is 27.9 Å². The Bertz CT molecular complexity index is 1240. The lowest BCUT2D eigenvalue weighted by Gasteiger charge is -2.34. The molecule has 0 saturated carbocycles. The van der Waals surface area contributed by atoms with Crippen molar-refractivity contribution in [1.29, 1.82) is 0 Å². The van der Waals surface area contributed by atoms with E-state index in [-0.39, 0.29) is 5.92 Å². The van der Waals surface area contributed by atoms with E-state index in [1.165, 1.54) is 4.90 Å². The summed E-state index contributed by atoms with van der Waals surface area (Å²) in [4.78, 5) is 39.1. The van der Waals surface area contributed by atoms with Gasteiger partial charge >= 0.3 is 18.0 Å². The van der Waals surface area contributed by atoms with Crippen molar-refractivity contribution in [3.8, 4) is 11.5 Å². The maximum atomic E-state index is 12.1. The molecule has 1 aromatic heterocycles. The molecule has 3 rings (SSSR count). The number of anilines is 1. The number of sulfonamides is 1. The Labute approximate surface area is 226 Å². The molecule has 0 unspecified atom stereocenters. The van der Waals surface area contributed by atoms with Crippen LogP contribution in [-0.4, -0.2) is 95.8 Å². The highest BCUT2D eigenvalue weighted by atomic mass is 32.2. The quantitative estimate of drug-likeness (QED) is 0.227. The number of carboxylic acid groups (broad SMARTS) is 3. The number of aryl methyl sites for hydroxylation is 1. The number of likely N-dealkylation sites (tertiary alicyclic amines) is 1. The molecule has 1 aliphatic heterocycles. The number of hydrogen-bond acceptors (Lipinski definition) is 9. The number of amides is 1. The zero-order chi connectivity index (χ0) is 29.0. The van der Waals surface area contributed by atoms with Crippen LogP contribution in [0.2, 0.25) is 0 Å². The van der Waals surface area contributed by atoms with Gasteiger partial charge in [0.05, 0.1) is 17.5 Å². The molecule has 2 heterocycles. The van der Waals surface area contributed by atoms with Crippen molar-refractivity contribution >= 4 is 33.7 Å². The molecule has 214 valence electrons. The Morgan fingerprint density at radius 2 is 1.74 bits per heavy atom. The summed E-state index contributed by atoms with van der Waals surface area (Å²) < 4.78 is 30.0. The molecule has 1 amide bonds. The lowest BCUT2D eigenvalue weighted by molar-refractivity contribution is -0.134. The van der Waals surface area contributed by atoms with Crippen LogP contribution in [0.4, 0.5) is 10.5 Å². The first kappa shape index (κ1) is 31.4. The molecule has 39 heavy (non-hydrogen) atoms. The van der Waals surface area contributed by atoms with Gasteiger partial charge in [0.1, 0.15) is 0 Å². The highest BCUT2D eigenvalue weighted by molar-refractivity contribution is 7.88. The molecule has 4 N–H and O–H groups in total. The number of nitrogens with zero attached hydrogens (tertiary/aromatic N) is 4. The first-order chi connectivity index (χ1) is 18.4. The summed E-state index contributed by atoms with van der Waals surface area (Å²) in [7, 11) is -3.15. The van der Waals surface area contributed by atoms with Gasteiger partial charge in [0.25, 0.3) is 5.89 Å². The largest absolute Gasteiger partial charge is 0.478 e. The highest BCUT2D eigenvalue weighted by Crippen LogP contribution is 2.31. The number of rotatable bonds is 11. The number of aromatic nitrogens is 2. The molecule has 1 aliphatic rings. The van der Waals surface area contributed by atoms with Crippen LogP contribution in [0.15, 0.2) is 40.9 Å². The standard InChI is InChI=1S/C20H29N5O5S.C4H4O4/c1-15-22-19(30-23-15)17-6-3-4-7-18(17)25(20(26)27)14-16-8-12-24(13-9-16)11-5-10-21-31(2,28)29;5-3(6)1-2-4(7)8/h3-4,6-7,16,21H,5,8-14H2,1-2H3,(H,26,27);1-2H,(H,5,6)(H,7,8)/b;2-1-. The van der Waals surface area contributed by atoms with Gasteiger partial charge in [0, 0.05) is 25.2 Å². The van der Waals surface area contributed by atoms with Gasteiger partial charge < -0.3 is 24.7 Å². The summed E-state index contributed by atoms with van der Waals surface area (Å²) in [5, 5.41) is 29.3. The molecule has 0 spiro atoms. The second-order valence-corrected chi connectivity index (χ2v) is 10.7. The maximum Gasteiger partial charge on any atom is 0.411 e. The molecule has 2 aromatic rings. The normalized spacial score (nSPS) is 14.5. The van der Waals surface area contributed by atoms with Crippen molar-refractivity contribution in [3.05, 3.63) is 42.2 Å². The first-order valence-corrected chi connectivity index (χ1v) is 14.0. The monoisotopic (exact) mass is 567 g/mol. The molecule has 1 aromatic carbocycles. The van der Waals surface area contributed by atoms with E-state index < -0.39 is 28.1 Å². The number of piperidine rings is 1. The Kier molecular flexibility index (Phi) is 12.0. The lowest BCUT2D eigenvalue weighted by Crippen LogP contribution is -2.41. The van der Waals surface area contributed by atoms with Gasteiger partial charge in [-0.25, -0.2) is 27.5 Å². The highest BCUT2D eigenvalue weighted by Gasteiger charge is 2.27. The van der Waals surface area contributed by atoms with Crippen molar-refractivity contribution in [2.75, 3.05) is 43.9 Å². The number of aliphatic carboxylic acids is 2. The predicted molar refractivity (Wildman–Crippen MR) is 141 cm³/mol. The van der Waals surface area contributed by atoms with Crippen molar-refractivity contribution in [3.63, 3.8) is 0 Å². The van der Waals surface area contributed by atoms with Crippen molar-refractivity contribution < 1.29 is 42.6 Å². The van der Waals surface area contributed by atoms with Gasteiger partial charge in [-0.05, 0) is 63.9 Å². The van der Waals surface area contributed by atoms with E-state index in [0.29, 0.717) is 48.2 Å². The topological polar surface area (TPSA) is 203 Å². The molecule has 1 saturated heterocycles. The molecular formula is C24H33N5O9S. The lowest BCUT2D eigenvalue weighted by atomic mass is 9.95. The van der Waals surface area contributed by atoms with E-state index in [0.717, 1.165) is 45.2 Å². The predicted octanol–water partition coefficient (Wildman–Crippen LogP) is 1.89.